The van der Waals surface area contributed by atoms with Gasteiger partial charge in [-0.15, -0.1) is 24.0 Å². The van der Waals surface area contributed by atoms with Crippen molar-refractivity contribution in [3.8, 4) is 0 Å². The zero-order chi connectivity index (χ0) is 17.6. The van der Waals surface area contributed by atoms with E-state index in [4.69, 9.17) is 4.99 Å². The van der Waals surface area contributed by atoms with Crippen LogP contribution in [0.15, 0.2) is 4.99 Å². The van der Waals surface area contributed by atoms with Gasteiger partial charge in [0.15, 0.2) is 5.96 Å². The molecule has 1 aliphatic rings. The van der Waals surface area contributed by atoms with Crippen molar-refractivity contribution in [2.45, 2.75) is 64.8 Å². The van der Waals surface area contributed by atoms with E-state index < -0.39 is 0 Å². The third kappa shape index (κ3) is 12.0. The van der Waals surface area contributed by atoms with E-state index in [1.807, 2.05) is 0 Å². The average molecular weight is 467 g/mol. The van der Waals surface area contributed by atoms with Gasteiger partial charge in [-0.1, -0.05) is 26.2 Å². The molecule has 150 valence electrons. The highest BCUT2D eigenvalue weighted by atomic mass is 127. The molecule has 0 saturated carbocycles. The number of hydrogen-bond donors (Lipinski definition) is 2. The molecule has 0 aromatic carbocycles. The Balaban J connectivity index is 0.00000576. The molecule has 0 aromatic rings. The fourth-order valence-corrected chi connectivity index (χ4v) is 3.35. The fourth-order valence-electron chi connectivity index (χ4n) is 3.35. The van der Waals surface area contributed by atoms with Gasteiger partial charge in [-0.05, 0) is 66.3 Å². The summed E-state index contributed by atoms with van der Waals surface area (Å²) in [4.78, 5) is 9.63. The smallest absolute Gasteiger partial charge is 0.191 e. The number of nitrogens with zero attached hydrogens (tertiary/aromatic N) is 3. The molecule has 0 aromatic heterocycles. The highest BCUT2D eigenvalue weighted by Crippen LogP contribution is 2.16. The lowest BCUT2D eigenvalue weighted by Crippen LogP contribution is -2.39. The molecule has 0 bridgehead atoms. The summed E-state index contributed by atoms with van der Waals surface area (Å²) in [5.74, 6) is 0.994. The summed E-state index contributed by atoms with van der Waals surface area (Å²) in [6.45, 7) is 10.9. The van der Waals surface area contributed by atoms with E-state index in [1.165, 1.54) is 58.0 Å². The van der Waals surface area contributed by atoms with Gasteiger partial charge in [-0.2, -0.15) is 0 Å². The number of guanidine groups is 1. The van der Waals surface area contributed by atoms with Crippen LogP contribution < -0.4 is 10.6 Å². The molecule has 1 aliphatic heterocycles. The molecule has 1 rings (SSSR count). The molecular weight excluding hydrogens is 425 g/mol. The van der Waals surface area contributed by atoms with Crippen LogP contribution in [0.25, 0.3) is 0 Å². The number of halogens is 1. The van der Waals surface area contributed by atoms with Crippen molar-refractivity contribution in [1.82, 2.24) is 20.4 Å². The van der Waals surface area contributed by atoms with Crippen LogP contribution in [-0.2, 0) is 0 Å². The molecule has 0 spiro atoms. The van der Waals surface area contributed by atoms with Gasteiger partial charge in [0.05, 0.1) is 6.54 Å². The average Bonchev–Trinajstić information content (AvgIpc) is 3.02. The molecule has 25 heavy (non-hydrogen) atoms. The Morgan fingerprint density at radius 2 is 1.80 bits per heavy atom. The first-order valence-corrected chi connectivity index (χ1v) is 10.1. The monoisotopic (exact) mass is 467 g/mol. The van der Waals surface area contributed by atoms with Gasteiger partial charge in [0, 0.05) is 19.1 Å². The van der Waals surface area contributed by atoms with Crippen LogP contribution in [0.3, 0.4) is 0 Å². The zero-order valence-electron chi connectivity index (χ0n) is 17.0. The predicted molar refractivity (Wildman–Crippen MR) is 121 cm³/mol. The molecule has 2 N–H and O–H groups in total. The van der Waals surface area contributed by atoms with E-state index >= 15 is 0 Å². The maximum Gasteiger partial charge on any atom is 0.191 e. The minimum absolute atomic E-state index is 0. The topological polar surface area (TPSA) is 42.9 Å². The lowest BCUT2D eigenvalue weighted by molar-refractivity contribution is 0.273. The quantitative estimate of drug-likeness (QED) is 0.200. The van der Waals surface area contributed by atoms with Crippen molar-refractivity contribution in [1.29, 1.82) is 0 Å². The van der Waals surface area contributed by atoms with E-state index in [9.17, 15) is 0 Å². The highest BCUT2D eigenvalue weighted by Gasteiger charge is 2.22. The summed E-state index contributed by atoms with van der Waals surface area (Å²) < 4.78 is 0. The number of aliphatic imine (C=N–C) groups is 1. The Kier molecular flexibility index (Phi) is 16.1. The Labute approximate surface area is 173 Å². The van der Waals surface area contributed by atoms with Gasteiger partial charge in [0.25, 0.3) is 0 Å². The second kappa shape index (κ2) is 16.1. The van der Waals surface area contributed by atoms with Gasteiger partial charge in [-0.25, -0.2) is 0 Å². The summed E-state index contributed by atoms with van der Waals surface area (Å²) in [5, 5.41) is 6.88. The SMILES string of the molecule is CCNC(=NCC1CCCN1CC)NCCCCCCCN(C)C.I. The molecule has 1 heterocycles. The van der Waals surface area contributed by atoms with Gasteiger partial charge in [0.2, 0.25) is 0 Å². The van der Waals surface area contributed by atoms with Crippen molar-refractivity contribution < 1.29 is 0 Å². The number of rotatable bonds is 12. The summed E-state index contributed by atoms with van der Waals surface area (Å²) >= 11 is 0. The first-order chi connectivity index (χ1) is 11.7. The Morgan fingerprint density at radius 3 is 2.48 bits per heavy atom. The number of unbranched alkanes of at least 4 members (excludes halogenated alkanes) is 4. The molecular formula is C19H42IN5. The molecule has 1 atom stereocenters. The number of nitrogens with one attached hydrogen (secondary N) is 2. The van der Waals surface area contributed by atoms with Gasteiger partial charge in [-0.3, -0.25) is 9.89 Å². The lowest BCUT2D eigenvalue weighted by Gasteiger charge is -2.21. The largest absolute Gasteiger partial charge is 0.357 e. The van der Waals surface area contributed by atoms with Crippen LogP contribution >= 0.6 is 24.0 Å². The van der Waals surface area contributed by atoms with Gasteiger partial charge < -0.3 is 15.5 Å². The Bertz CT molecular complexity index is 336. The maximum atomic E-state index is 4.81. The summed E-state index contributed by atoms with van der Waals surface area (Å²) in [6.07, 6.45) is 9.18. The molecule has 1 unspecified atom stereocenters. The van der Waals surface area contributed by atoms with Crippen molar-refractivity contribution >= 4 is 29.9 Å². The van der Waals surface area contributed by atoms with Crippen LogP contribution in [0.2, 0.25) is 0 Å². The highest BCUT2D eigenvalue weighted by molar-refractivity contribution is 14.0. The van der Waals surface area contributed by atoms with Gasteiger partial charge >= 0.3 is 0 Å². The normalized spacial score (nSPS) is 18.4. The van der Waals surface area contributed by atoms with Crippen LogP contribution in [-0.4, -0.2) is 75.2 Å². The fraction of sp³-hybridized carbons (Fsp3) is 0.947. The lowest BCUT2D eigenvalue weighted by atomic mass is 10.1. The van der Waals surface area contributed by atoms with Crippen LogP contribution in [0, 0.1) is 0 Å². The number of likely N-dealkylation sites (tertiary alicyclic amines) is 1. The predicted octanol–water partition coefficient (Wildman–Crippen LogP) is 3.16. The number of likely N-dealkylation sites (N-methyl/N-ethyl adjacent to an activating group) is 1. The minimum Gasteiger partial charge on any atom is -0.357 e. The first-order valence-electron chi connectivity index (χ1n) is 10.1. The second-order valence-corrected chi connectivity index (χ2v) is 7.14. The van der Waals surface area contributed by atoms with E-state index in [-0.39, 0.29) is 24.0 Å². The first kappa shape index (κ1) is 24.9. The van der Waals surface area contributed by atoms with Crippen molar-refractivity contribution in [2.24, 2.45) is 4.99 Å². The Morgan fingerprint density at radius 1 is 1.08 bits per heavy atom. The van der Waals surface area contributed by atoms with Gasteiger partial charge in [0.1, 0.15) is 0 Å². The van der Waals surface area contributed by atoms with Crippen LogP contribution in [0.1, 0.15) is 58.8 Å². The molecule has 1 fully saturated rings. The van der Waals surface area contributed by atoms with Crippen molar-refractivity contribution in [2.75, 3.05) is 53.4 Å². The number of hydrogen-bond acceptors (Lipinski definition) is 3. The minimum atomic E-state index is 0. The summed E-state index contributed by atoms with van der Waals surface area (Å²) in [6, 6.07) is 0.641. The van der Waals surface area contributed by atoms with Crippen LogP contribution in [0.4, 0.5) is 0 Å². The van der Waals surface area contributed by atoms with E-state index in [2.05, 4.69) is 48.4 Å². The third-order valence-electron chi connectivity index (χ3n) is 4.78. The van der Waals surface area contributed by atoms with E-state index in [0.29, 0.717) is 6.04 Å². The summed E-state index contributed by atoms with van der Waals surface area (Å²) in [7, 11) is 4.30. The molecule has 0 amide bonds. The van der Waals surface area contributed by atoms with E-state index in [1.54, 1.807) is 0 Å². The molecule has 1 saturated heterocycles. The zero-order valence-corrected chi connectivity index (χ0v) is 19.3. The molecule has 0 aliphatic carbocycles. The molecule has 0 radical (unpaired) electrons. The standard InChI is InChI=1S/C19H41N5.HI/c1-5-20-19(22-17-18-13-12-16-24(18)6-2)21-14-10-8-7-9-11-15-23(3)4;/h18H,5-17H2,1-4H3,(H2,20,21,22);1H. The van der Waals surface area contributed by atoms with E-state index in [0.717, 1.165) is 32.1 Å². The van der Waals surface area contributed by atoms with Crippen molar-refractivity contribution in [3.63, 3.8) is 0 Å². The van der Waals surface area contributed by atoms with Crippen LogP contribution in [0.5, 0.6) is 0 Å². The maximum absolute atomic E-state index is 4.81. The third-order valence-corrected chi connectivity index (χ3v) is 4.78. The Hall–Kier alpha value is -0.0800. The second-order valence-electron chi connectivity index (χ2n) is 7.14. The molecule has 6 heteroatoms. The summed E-state index contributed by atoms with van der Waals surface area (Å²) in [5.41, 5.74) is 0. The molecule has 5 nitrogen and oxygen atoms in total. The van der Waals surface area contributed by atoms with Crippen molar-refractivity contribution in [3.05, 3.63) is 0 Å².